The fraction of sp³-hybridized carbons (Fsp3) is 0.290. The molecule has 2 aliphatic rings. The van der Waals surface area contributed by atoms with Gasteiger partial charge < -0.3 is 19.4 Å². The van der Waals surface area contributed by atoms with Gasteiger partial charge in [0, 0.05) is 17.8 Å². The fourth-order valence-corrected chi connectivity index (χ4v) is 5.28. The molecule has 0 atom stereocenters. The highest BCUT2D eigenvalue weighted by Gasteiger charge is 2.52. The van der Waals surface area contributed by atoms with Gasteiger partial charge in [0.25, 0.3) is 0 Å². The van der Waals surface area contributed by atoms with Crippen LogP contribution in [0.3, 0.4) is 0 Å². The molecule has 0 spiro atoms. The van der Waals surface area contributed by atoms with E-state index in [2.05, 4.69) is 39.8 Å². The number of hydrogen-bond donors (Lipinski definition) is 2. The van der Waals surface area contributed by atoms with Crippen molar-refractivity contribution in [2.24, 2.45) is 0 Å². The molecule has 2 heterocycles. The summed E-state index contributed by atoms with van der Waals surface area (Å²) in [5, 5.41) is 11.1. The predicted molar refractivity (Wildman–Crippen MR) is 153 cm³/mol. The second kappa shape index (κ2) is 9.70. The topological polar surface area (TPSA) is 85.5 Å². The van der Waals surface area contributed by atoms with E-state index < -0.39 is 24.4 Å². The van der Waals surface area contributed by atoms with Crippen LogP contribution < -0.4 is 5.32 Å². The Morgan fingerprint density at radius 2 is 1.64 bits per heavy atom. The molecular formula is C31H32BN3O4. The molecule has 1 fully saturated rings. The number of hydrogen-bond acceptors (Lipinski definition) is 5. The van der Waals surface area contributed by atoms with Crippen LogP contribution in [0, 0.1) is 0 Å². The first-order valence-electron chi connectivity index (χ1n) is 13.3. The first-order chi connectivity index (χ1) is 18.7. The van der Waals surface area contributed by atoms with Crippen molar-refractivity contribution in [1.29, 1.82) is 0 Å². The van der Waals surface area contributed by atoms with Gasteiger partial charge in [0.05, 0.1) is 22.9 Å². The maximum Gasteiger partial charge on any atom is 0.492 e. The zero-order valence-corrected chi connectivity index (χ0v) is 22.7. The van der Waals surface area contributed by atoms with E-state index in [0.717, 1.165) is 21.9 Å². The highest BCUT2D eigenvalue weighted by molar-refractivity contribution is 6.56. The van der Waals surface area contributed by atoms with Crippen molar-refractivity contribution in [3.05, 3.63) is 95.1 Å². The third-order valence-corrected chi connectivity index (χ3v) is 8.15. The predicted octanol–water partition coefficient (Wildman–Crippen LogP) is 6.12. The van der Waals surface area contributed by atoms with Crippen LogP contribution in [0.4, 0.5) is 4.79 Å². The van der Waals surface area contributed by atoms with Crippen molar-refractivity contribution >= 4 is 30.2 Å². The Balaban J connectivity index is 1.18. The smallest absolute Gasteiger partial charge is 0.449 e. The lowest BCUT2D eigenvalue weighted by Gasteiger charge is -2.32. The molecule has 1 aliphatic carbocycles. The maximum atomic E-state index is 12.9. The lowest BCUT2D eigenvalue weighted by atomic mass is 9.77. The van der Waals surface area contributed by atoms with Crippen LogP contribution >= 0.6 is 0 Å². The van der Waals surface area contributed by atoms with Gasteiger partial charge in [0.2, 0.25) is 0 Å². The fourth-order valence-electron chi connectivity index (χ4n) is 5.28. The second-order valence-corrected chi connectivity index (χ2v) is 11.2. The number of fused-ring (bicyclic) bond motifs is 4. The number of nitrogens with one attached hydrogen (secondary N) is 2. The summed E-state index contributed by atoms with van der Waals surface area (Å²) in [6, 6.07) is 22.6. The van der Waals surface area contributed by atoms with E-state index in [1.807, 2.05) is 76.2 Å². The Labute approximate surface area is 228 Å². The van der Waals surface area contributed by atoms with Gasteiger partial charge in [0.15, 0.2) is 0 Å². The van der Waals surface area contributed by atoms with Crippen molar-refractivity contribution in [3.63, 3.8) is 0 Å². The second-order valence-electron chi connectivity index (χ2n) is 11.2. The number of H-pyrrole nitrogens is 1. The molecule has 0 bridgehead atoms. The van der Waals surface area contributed by atoms with Crippen LogP contribution in [-0.4, -0.2) is 47.8 Å². The van der Waals surface area contributed by atoms with E-state index >= 15 is 0 Å². The molecule has 1 aromatic heterocycles. The molecule has 1 aliphatic heterocycles. The summed E-state index contributed by atoms with van der Waals surface area (Å²) in [5.74, 6) is 0.00222. The van der Waals surface area contributed by atoms with Crippen molar-refractivity contribution in [2.45, 2.75) is 44.8 Å². The Hall–Kier alpha value is -3.88. The molecule has 0 unspecified atom stereocenters. The summed E-state index contributed by atoms with van der Waals surface area (Å²) in [4.78, 5) is 12.9. The van der Waals surface area contributed by atoms with Crippen LogP contribution in [-0.2, 0) is 14.0 Å². The standard InChI is InChI=1S/C31H32BN3O4/c1-30(2)31(3,4)39-32(38-30)22(15-20-13-14-21-17-34-35-28(21)16-20)18-33-29(36)37-19-27-25-11-7-5-9-23(25)24-10-6-8-12-26(24)27/h5-17,27H,18-19H2,1-4H3,(H,33,36)(H,34,35). The summed E-state index contributed by atoms with van der Waals surface area (Å²) in [7, 11) is -0.610. The Morgan fingerprint density at radius 1 is 1.00 bits per heavy atom. The summed E-state index contributed by atoms with van der Waals surface area (Å²) < 4.78 is 18.4. The van der Waals surface area contributed by atoms with Crippen LogP contribution in [0.1, 0.15) is 50.3 Å². The highest BCUT2D eigenvalue weighted by atomic mass is 16.7. The summed E-state index contributed by atoms with van der Waals surface area (Å²) in [5.41, 5.74) is 6.41. The molecule has 4 aromatic rings. The molecule has 2 N–H and O–H groups in total. The normalized spacial score (nSPS) is 17.7. The summed E-state index contributed by atoms with van der Waals surface area (Å²) >= 11 is 0. The maximum absolute atomic E-state index is 12.9. The minimum atomic E-state index is -0.610. The Kier molecular flexibility index (Phi) is 6.32. The van der Waals surface area contributed by atoms with Crippen LogP contribution in [0.15, 0.2) is 78.4 Å². The molecule has 198 valence electrons. The Bertz CT molecular complexity index is 1510. The first-order valence-corrected chi connectivity index (χ1v) is 13.3. The average molecular weight is 521 g/mol. The molecular weight excluding hydrogens is 489 g/mol. The van der Waals surface area contributed by atoms with E-state index in [9.17, 15) is 4.79 Å². The van der Waals surface area contributed by atoms with Gasteiger partial charge >= 0.3 is 13.2 Å². The van der Waals surface area contributed by atoms with Crippen LogP contribution in [0.2, 0.25) is 0 Å². The van der Waals surface area contributed by atoms with Crippen LogP contribution in [0.25, 0.3) is 28.1 Å². The van der Waals surface area contributed by atoms with E-state index in [1.54, 1.807) is 6.20 Å². The van der Waals surface area contributed by atoms with Crippen LogP contribution in [0.5, 0.6) is 0 Å². The number of alkyl carbamates (subject to hydrolysis) is 1. The number of rotatable bonds is 6. The molecule has 6 rings (SSSR count). The van der Waals surface area contributed by atoms with Gasteiger partial charge in [-0.3, -0.25) is 5.10 Å². The largest absolute Gasteiger partial charge is 0.492 e. The lowest BCUT2D eigenvalue weighted by Crippen LogP contribution is -2.41. The molecule has 1 saturated heterocycles. The first kappa shape index (κ1) is 25.4. The summed E-state index contributed by atoms with van der Waals surface area (Å²) in [6.07, 6.45) is 3.30. The number of amides is 1. The molecule has 8 heteroatoms. The van der Waals surface area contributed by atoms with Crippen molar-refractivity contribution in [3.8, 4) is 11.1 Å². The highest BCUT2D eigenvalue weighted by Crippen LogP contribution is 2.44. The minimum Gasteiger partial charge on any atom is -0.449 e. The number of carbonyl (C=O) groups is 1. The van der Waals surface area contributed by atoms with E-state index in [0.29, 0.717) is 0 Å². The van der Waals surface area contributed by atoms with Gasteiger partial charge in [0.1, 0.15) is 6.61 Å². The lowest BCUT2D eigenvalue weighted by molar-refractivity contribution is 0.00578. The third-order valence-electron chi connectivity index (χ3n) is 8.15. The SMILES string of the molecule is CC1(C)OB(C(=Cc2ccc3cn[nH]c3c2)CNC(=O)OCC2c3ccccc3-c3ccccc32)OC1(C)C. The molecule has 1 amide bonds. The van der Waals surface area contributed by atoms with E-state index in [4.69, 9.17) is 14.0 Å². The minimum absolute atomic E-state index is 0.00222. The monoisotopic (exact) mass is 521 g/mol. The number of aromatic amines is 1. The summed E-state index contributed by atoms with van der Waals surface area (Å²) in [6.45, 7) is 8.53. The number of aromatic nitrogens is 2. The average Bonchev–Trinajstić information content (AvgIpc) is 3.57. The molecule has 0 radical (unpaired) electrons. The zero-order valence-electron chi connectivity index (χ0n) is 22.7. The molecule has 0 saturated carbocycles. The van der Waals surface area contributed by atoms with E-state index in [1.165, 1.54) is 22.3 Å². The molecule has 39 heavy (non-hydrogen) atoms. The third kappa shape index (κ3) is 4.75. The number of benzene rings is 3. The molecule has 3 aromatic carbocycles. The molecule has 7 nitrogen and oxygen atoms in total. The van der Waals surface area contributed by atoms with E-state index in [-0.39, 0.29) is 19.1 Å². The number of carbonyl (C=O) groups excluding carboxylic acids is 1. The van der Waals surface area contributed by atoms with Gasteiger partial charge in [-0.2, -0.15) is 5.10 Å². The zero-order chi connectivity index (χ0) is 27.2. The van der Waals surface area contributed by atoms with Gasteiger partial charge in [-0.25, -0.2) is 4.79 Å². The van der Waals surface area contributed by atoms with Crippen molar-refractivity contribution < 1.29 is 18.8 Å². The van der Waals surface area contributed by atoms with Gasteiger partial charge in [-0.05, 0) is 67.1 Å². The van der Waals surface area contributed by atoms with Crippen molar-refractivity contribution in [2.75, 3.05) is 13.2 Å². The van der Waals surface area contributed by atoms with Crippen molar-refractivity contribution in [1.82, 2.24) is 15.5 Å². The quantitative estimate of drug-likeness (QED) is 0.299. The van der Waals surface area contributed by atoms with Gasteiger partial charge in [-0.1, -0.05) is 66.7 Å². The number of ether oxygens (including phenoxy) is 1. The number of nitrogens with zero attached hydrogens (tertiary/aromatic N) is 1. The van der Waals surface area contributed by atoms with Gasteiger partial charge in [-0.15, -0.1) is 0 Å². The Morgan fingerprint density at radius 3 is 2.31 bits per heavy atom.